The fourth-order valence-electron chi connectivity index (χ4n) is 0.953. The van der Waals surface area contributed by atoms with E-state index in [0.717, 1.165) is 11.3 Å². The van der Waals surface area contributed by atoms with E-state index >= 15 is 0 Å². The molecule has 0 saturated carbocycles. The van der Waals surface area contributed by atoms with Gasteiger partial charge in [0.25, 0.3) is 0 Å². The van der Waals surface area contributed by atoms with Gasteiger partial charge in [0.05, 0.1) is 12.8 Å². The van der Waals surface area contributed by atoms with Gasteiger partial charge in [-0.2, -0.15) is 0 Å². The van der Waals surface area contributed by atoms with E-state index in [1.807, 2.05) is 24.3 Å². The van der Waals surface area contributed by atoms with Gasteiger partial charge in [-0.1, -0.05) is 18.1 Å². The number of allylic oxidation sites excluding steroid dienone is 1. The van der Waals surface area contributed by atoms with Gasteiger partial charge in [-0.25, -0.2) is 0 Å². The summed E-state index contributed by atoms with van der Waals surface area (Å²) in [5.74, 6) is 3.14. The van der Waals surface area contributed by atoms with E-state index < -0.39 is 0 Å². The Morgan fingerprint density at radius 2 is 2.38 bits per heavy atom. The zero-order valence-electron chi connectivity index (χ0n) is 7.45. The van der Waals surface area contributed by atoms with Crippen molar-refractivity contribution < 1.29 is 4.74 Å². The third-order valence-corrected chi connectivity index (χ3v) is 1.58. The Hall–Kier alpha value is -1.88. The van der Waals surface area contributed by atoms with E-state index in [-0.39, 0.29) is 0 Å². The Kier molecular flexibility index (Phi) is 2.99. The van der Waals surface area contributed by atoms with Crippen molar-refractivity contribution in [2.24, 2.45) is 5.73 Å². The highest BCUT2D eigenvalue weighted by atomic mass is 16.5. The van der Waals surface area contributed by atoms with Gasteiger partial charge in [-0.05, 0) is 23.8 Å². The maximum atomic E-state index is 5.48. The number of ether oxygens (including phenoxy) is 1. The van der Waals surface area contributed by atoms with Crippen molar-refractivity contribution >= 4 is 6.08 Å². The Morgan fingerprint density at radius 3 is 3.00 bits per heavy atom. The van der Waals surface area contributed by atoms with Gasteiger partial charge < -0.3 is 10.5 Å². The van der Waals surface area contributed by atoms with Crippen LogP contribution in [0.2, 0.25) is 0 Å². The molecule has 0 aliphatic carbocycles. The minimum Gasteiger partial charge on any atom is -0.497 e. The summed E-state index contributed by atoms with van der Waals surface area (Å²) in [4.78, 5) is 0. The summed E-state index contributed by atoms with van der Waals surface area (Å²) in [6, 6.07) is 7.52. The van der Waals surface area contributed by atoms with E-state index in [1.165, 1.54) is 0 Å². The van der Waals surface area contributed by atoms with Gasteiger partial charge in [0.15, 0.2) is 0 Å². The molecule has 13 heavy (non-hydrogen) atoms. The highest BCUT2D eigenvalue weighted by Crippen LogP contribution is 2.13. The molecule has 1 rings (SSSR count). The van der Waals surface area contributed by atoms with Crippen LogP contribution >= 0.6 is 0 Å². The molecule has 0 aliphatic rings. The van der Waals surface area contributed by atoms with Crippen molar-refractivity contribution in [1.29, 1.82) is 0 Å². The number of rotatable bonds is 2. The number of nitrogens with two attached hydrogens (primary N) is 1. The second-order valence-electron chi connectivity index (χ2n) is 2.52. The molecule has 66 valence electrons. The van der Waals surface area contributed by atoms with Crippen molar-refractivity contribution in [3.8, 4) is 18.1 Å². The van der Waals surface area contributed by atoms with Crippen molar-refractivity contribution in [3.63, 3.8) is 0 Å². The molecule has 0 atom stereocenters. The average Bonchev–Trinajstić information content (AvgIpc) is 2.18. The summed E-state index contributed by atoms with van der Waals surface area (Å²) in [5.41, 5.74) is 6.83. The summed E-state index contributed by atoms with van der Waals surface area (Å²) in [6.45, 7) is 0. The van der Waals surface area contributed by atoms with Gasteiger partial charge >= 0.3 is 0 Å². The first kappa shape index (κ1) is 9.21. The predicted octanol–water partition coefficient (Wildman–Crippen LogP) is 1.63. The monoisotopic (exact) mass is 173 g/mol. The van der Waals surface area contributed by atoms with Crippen LogP contribution in [-0.4, -0.2) is 7.11 Å². The molecule has 1 aromatic carbocycles. The lowest BCUT2D eigenvalue weighted by Crippen LogP contribution is -1.92. The standard InChI is InChI=1S/C11H11NO/c1-3-10(12)7-9-5-4-6-11(8-9)13-2/h1,4-8H,12H2,2H3/b10-7+. The summed E-state index contributed by atoms with van der Waals surface area (Å²) < 4.78 is 5.05. The zero-order valence-corrected chi connectivity index (χ0v) is 7.45. The Labute approximate surface area is 78.0 Å². The van der Waals surface area contributed by atoms with Crippen LogP contribution in [0.4, 0.5) is 0 Å². The van der Waals surface area contributed by atoms with Crippen LogP contribution in [-0.2, 0) is 0 Å². The second kappa shape index (κ2) is 4.22. The van der Waals surface area contributed by atoms with E-state index in [4.69, 9.17) is 16.9 Å². The number of methoxy groups -OCH3 is 1. The minimum absolute atomic E-state index is 0.410. The fourth-order valence-corrected chi connectivity index (χ4v) is 0.953. The molecule has 0 aliphatic heterocycles. The van der Waals surface area contributed by atoms with Gasteiger partial charge in [0, 0.05) is 0 Å². The maximum absolute atomic E-state index is 5.48. The molecule has 0 amide bonds. The smallest absolute Gasteiger partial charge is 0.119 e. The number of benzene rings is 1. The Morgan fingerprint density at radius 1 is 1.62 bits per heavy atom. The quantitative estimate of drug-likeness (QED) is 0.690. The first-order valence-corrected chi connectivity index (χ1v) is 3.84. The van der Waals surface area contributed by atoms with Crippen LogP contribution in [0.3, 0.4) is 0 Å². The zero-order chi connectivity index (χ0) is 9.68. The molecule has 0 saturated heterocycles. The lowest BCUT2D eigenvalue weighted by molar-refractivity contribution is 0.414. The predicted molar refractivity (Wildman–Crippen MR) is 54.0 cm³/mol. The van der Waals surface area contributed by atoms with Crippen LogP contribution in [0, 0.1) is 12.3 Å². The molecule has 2 nitrogen and oxygen atoms in total. The number of terminal acetylenes is 1. The third-order valence-electron chi connectivity index (χ3n) is 1.58. The summed E-state index contributed by atoms with van der Waals surface area (Å²) in [5, 5.41) is 0. The largest absolute Gasteiger partial charge is 0.497 e. The van der Waals surface area contributed by atoms with Crippen molar-refractivity contribution in [2.45, 2.75) is 0 Å². The van der Waals surface area contributed by atoms with Crippen LogP contribution in [0.5, 0.6) is 5.75 Å². The molecule has 2 N–H and O–H groups in total. The molecule has 0 spiro atoms. The second-order valence-corrected chi connectivity index (χ2v) is 2.52. The Balaban J connectivity index is 2.97. The Bertz CT molecular complexity index is 361. The molecule has 0 unspecified atom stereocenters. The normalized spacial score (nSPS) is 10.6. The van der Waals surface area contributed by atoms with E-state index in [2.05, 4.69) is 5.92 Å². The number of hydrogen-bond acceptors (Lipinski definition) is 2. The molecule has 0 heterocycles. The van der Waals surface area contributed by atoms with Crippen molar-refractivity contribution in [1.82, 2.24) is 0 Å². The van der Waals surface area contributed by atoms with E-state index in [0.29, 0.717) is 5.70 Å². The molecule has 0 radical (unpaired) electrons. The van der Waals surface area contributed by atoms with Crippen LogP contribution in [0.25, 0.3) is 6.08 Å². The van der Waals surface area contributed by atoms with Gasteiger partial charge in [0.1, 0.15) is 5.75 Å². The van der Waals surface area contributed by atoms with E-state index in [9.17, 15) is 0 Å². The lowest BCUT2D eigenvalue weighted by atomic mass is 10.2. The van der Waals surface area contributed by atoms with Crippen molar-refractivity contribution in [3.05, 3.63) is 35.5 Å². The van der Waals surface area contributed by atoms with Gasteiger partial charge in [-0.3, -0.25) is 0 Å². The molecule has 0 aromatic heterocycles. The van der Waals surface area contributed by atoms with E-state index in [1.54, 1.807) is 13.2 Å². The van der Waals surface area contributed by atoms with Crippen LogP contribution in [0.1, 0.15) is 5.56 Å². The van der Waals surface area contributed by atoms with Gasteiger partial charge in [0.2, 0.25) is 0 Å². The average molecular weight is 173 g/mol. The molecular weight excluding hydrogens is 162 g/mol. The maximum Gasteiger partial charge on any atom is 0.119 e. The SMILES string of the molecule is C#C/C(N)=C\c1cccc(OC)c1. The summed E-state index contributed by atoms with van der Waals surface area (Å²) >= 11 is 0. The molecule has 1 aromatic rings. The first-order valence-electron chi connectivity index (χ1n) is 3.84. The summed E-state index contributed by atoms with van der Waals surface area (Å²) in [6.07, 6.45) is 6.84. The first-order chi connectivity index (χ1) is 6.26. The number of hydrogen-bond donors (Lipinski definition) is 1. The molecule has 0 bridgehead atoms. The van der Waals surface area contributed by atoms with Gasteiger partial charge in [-0.15, -0.1) is 6.42 Å². The highest BCUT2D eigenvalue weighted by molar-refractivity contribution is 5.57. The summed E-state index contributed by atoms with van der Waals surface area (Å²) in [7, 11) is 1.62. The highest BCUT2D eigenvalue weighted by Gasteiger charge is 1.92. The third kappa shape index (κ3) is 2.57. The minimum atomic E-state index is 0.410. The molecule has 0 fully saturated rings. The lowest BCUT2D eigenvalue weighted by Gasteiger charge is -2.00. The molecule has 2 heteroatoms. The van der Waals surface area contributed by atoms with Crippen LogP contribution < -0.4 is 10.5 Å². The topological polar surface area (TPSA) is 35.2 Å². The van der Waals surface area contributed by atoms with Crippen molar-refractivity contribution in [2.75, 3.05) is 7.11 Å². The van der Waals surface area contributed by atoms with Crippen LogP contribution in [0.15, 0.2) is 30.0 Å². The molecular formula is C11H11NO. The fraction of sp³-hybridized carbons (Fsp3) is 0.0909.